The molecule has 6 nitrogen and oxygen atoms in total. The fourth-order valence-electron chi connectivity index (χ4n) is 2.12. The van der Waals surface area contributed by atoms with Gasteiger partial charge >= 0.3 is 0 Å². The second-order valence-corrected chi connectivity index (χ2v) is 5.66. The smallest absolute Gasteiger partial charge is 0.191 e. The lowest BCUT2D eigenvalue weighted by Crippen LogP contribution is -2.39. The van der Waals surface area contributed by atoms with E-state index < -0.39 is 0 Å². The van der Waals surface area contributed by atoms with Crippen molar-refractivity contribution in [3.05, 3.63) is 17.7 Å². The van der Waals surface area contributed by atoms with Crippen LogP contribution < -0.4 is 24.8 Å². The van der Waals surface area contributed by atoms with Gasteiger partial charge in [-0.15, -0.1) is 24.0 Å². The summed E-state index contributed by atoms with van der Waals surface area (Å²) in [5, 5.41) is 6.56. The van der Waals surface area contributed by atoms with Crippen LogP contribution in [0.1, 0.15) is 5.56 Å². The van der Waals surface area contributed by atoms with Gasteiger partial charge in [-0.2, -0.15) is 11.8 Å². The lowest BCUT2D eigenvalue weighted by molar-refractivity contribution is 0.368. The summed E-state index contributed by atoms with van der Waals surface area (Å²) in [6.07, 6.45) is 2.83. The van der Waals surface area contributed by atoms with Gasteiger partial charge < -0.3 is 24.8 Å². The summed E-state index contributed by atoms with van der Waals surface area (Å²) >= 11 is 1.80. The molecule has 0 aliphatic rings. The molecule has 0 saturated carbocycles. The molecule has 1 rings (SSSR count). The Balaban J connectivity index is 0.00000529. The summed E-state index contributed by atoms with van der Waals surface area (Å²) in [7, 11) is 6.69. The molecule has 8 heteroatoms. The summed E-state index contributed by atoms with van der Waals surface area (Å²) in [5.41, 5.74) is 1.00. The van der Waals surface area contributed by atoms with E-state index in [4.69, 9.17) is 14.2 Å². The van der Waals surface area contributed by atoms with E-state index in [9.17, 15) is 0 Å². The van der Waals surface area contributed by atoms with Crippen LogP contribution >= 0.6 is 35.7 Å². The van der Waals surface area contributed by atoms with Crippen molar-refractivity contribution in [3.8, 4) is 17.2 Å². The average Bonchev–Trinajstić information content (AvgIpc) is 2.60. The van der Waals surface area contributed by atoms with Crippen LogP contribution in [0.3, 0.4) is 0 Å². The van der Waals surface area contributed by atoms with E-state index in [0.717, 1.165) is 48.3 Å². The van der Waals surface area contributed by atoms with E-state index in [1.54, 1.807) is 40.1 Å². The third-order valence-electron chi connectivity index (χ3n) is 3.31. The number of hydrogen-bond donors (Lipinski definition) is 2. The Kier molecular flexibility index (Phi) is 12.7. The summed E-state index contributed by atoms with van der Waals surface area (Å²) < 4.78 is 16.2. The first-order valence-corrected chi connectivity index (χ1v) is 8.81. The van der Waals surface area contributed by atoms with Crippen LogP contribution in [0.15, 0.2) is 17.1 Å². The standard InChI is InChI=1S/C16H27N3O3S.HI/c1-17-16(19-8-9-23-5)18-7-6-13-14(21-3)10-12(20-2)11-15(13)22-4;/h10-11H,6-9H2,1-5H3,(H2,17,18,19);1H. The molecule has 0 unspecified atom stereocenters. The largest absolute Gasteiger partial charge is 0.496 e. The van der Waals surface area contributed by atoms with Gasteiger partial charge in [-0.05, 0) is 12.7 Å². The highest BCUT2D eigenvalue weighted by atomic mass is 127. The van der Waals surface area contributed by atoms with Gasteiger partial charge in [-0.25, -0.2) is 0 Å². The highest BCUT2D eigenvalue weighted by Crippen LogP contribution is 2.34. The van der Waals surface area contributed by atoms with E-state index in [1.807, 2.05) is 12.1 Å². The fraction of sp³-hybridized carbons (Fsp3) is 0.562. The van der Waals surface area contributed by atoms with Gasteiger partial charge in [0.25, 0.3) is 0 Å². The van der Waals surface area contributed by atoms with Crippen LogP contribution in [-0.2, 0) is 6.42 Å². The Hall–Kier alpha value is -1.03. The van der Waals surface area contributed by atoms with Crippen LogP contribution in [0.2, 0.25) is 0 Å². The van der Waals surface area contributed by atoms with Crippen molar-refractivity contribution in [1.29, 1.82) is 0 Å². The number of methoxy groups -OCH3 is 3. The van der Waals surface area contributed by atoms with E-state index in [-0.39, 0.29) is 24.0 Å². The summed E-state index contributed by atoms with van der Waals surface area (Å²) in [4.78, 5) is 4.21. The van der Waals surface area contributed by atoms with Gasteiger partial charge in [0, 0.05) is 43.6 Å². The quantitative estimate of drug-likeness (QED) is 0.251. The normalized spacial score (nSPS) is 10.6. The molecule has 0 spiro atoms. The van der Waals surface area contributed by atoms with Crippen LogP contribution in [0.5, 0.6) is 17.2 Å². The van der Waals surface area contributed by atoms with Crippen LogP contribution in [0.4, 0.5) is 0 Å². The zero-order valence-electron chi connectivity index (χ0n) is 15.0. The first-order valence-electron chi connectivity index (χ1n) is 7.42. The summed E-state index contributed by atoms with van der Waals surface area (Å²) in [6, 6.07) is 3.73. The van der Waals surface area contributed by atoms with Crippen molar-refractivity contribution in [2.75, 3.05) is 53.5 Å². The van der Waals surface area contributed by atoms with Gasteiger partial charge in [-0.1, -0.05) is 0 Å². The minimum Gasteiger partial charge on any atom is -0.496 e. The molecule has 0 saturated heterocycles. The maximum atomic E-state index is 5.46. The van der Waals surface area contributed by atoms with E-state index in [0.29, 0.717) is 5.75 Å². The number of hydrogen-bond acceptors (Lipinski definition) is 5. The monoisotopic (exact) mass is 469 g/mol. The first-order chi connectivity index (χ1) is 11.2. The number of thioether (sulfide) groups is 1. The lowest BCUT2D eigenvalue weighted by atomic mass is 10.1. The summed E-state index contributed by atoms with van der Waals surface area (Å²) in [5.74, 6) is 4.07. The van der Waals surface area contributed by atoms with Crippen LogP contribution in [0.25, 0.3) is 0 Å². The molecule has 2 N–H and O–H groups in total. The Morgan fingerprint density at radius 2 is 1.62 bits per heavy atom. The molecule has 24 heavy (non-hydrogen) atoms. The molecule has 0 atom stereocenters. The Bertz CT molecular complexity index is 490. The second-order valence-electron chi connectivity index (χ2n) is 4.68. The van der Waals surface area contributed by atoms with Gasteiger partial charge in [0.15, 0.2) is 5.96 Å². The topological polar surface area (TPSA) is 64.1 Å². The van der Waals surface area contributed by atoms with E-state index in [2.05, 4.69) is 21.9 Å². The SMILES string of the molecule is CN=C(NCCSC)NCCc1c(OC)cc(OC)cc1OC.I. The molecule has 0 heterocycles. The maximum absolute atomic E-state index is 5.46. The number of benzene rings is 1. The molecular weight excluding hydrogens is 441 g/mol. The summed E-state index contributed by atoms with van der Waals surface area (Å²) in [6.45, 7) is 1.61. The molecule has 1 aromatic rings. The number of halogens is 1. The van der Waals surface area contributed by atoms with Crippen molar-refractivity contribution in [3.63, 3.8) is 0 Å². The van der Waals surface area contributed by atoms with Crippen LogP contribution in [0, 0.1) is 0 Å². The minimum atomic E-state index is 0. The predicted octanol–water partition coefficient (Wildman–Crippen LogP) is 2.40. The van der Waals surface area contributed by atoms with Gasteiger partial charge in [0.05, 0.1) is 21.3 Å². The number of ether oxygens (including phenoxy) is 3. The number of nitrogens with zero attached hydrogens (tertiary/aromatic N) is 1. The zero-order chi connectivity index (χ0) is 17.1. The minimum absolute atomic E-state index is 0. The van der Waals surface area contributed by atoms with Crippen molar-refractivity contribution in [1.82, 2.24) is 10.6 Å². The molecule has 0 fully saturated rings. The highest BCUT2D eigenvalue weighted by molar-refractivity contribution is 14.0. The molecule has 0 aliphatic heterocycles. The Labute approximate surface area is 166 Å². The number of guanidine groups is 1. The average molecular weight is 469 g/mol. The Morgan fingerprint density at radius 3 is 2.08 bits per heavy atom. The molecular formula is C16H28IN3O3S. The number of nitrogens with one attached hydrogen (secondary N) is 2. The van der Waals surface area contributed by atoms with Gasteiger partial charge in [0.1, 0.15) is 17.2 Å². The molecule has 0 amide bonds. The molecule has 0 aromatic heterocycles. The number of rotatable bonds is 9. The first kappa shape index (κ1) is 23.0. The highest BCUT2D eigenvalue weighted by Gasteiger charge is 2.13. The third-order valence-corrected chi connectivity index (χ3v) is 3.92. The van der Waals surface area contributed by atoms with Crippen molar-refractivity contribution < 1.29 is 14.2 Å². The molecule has 138 valence electrons. The van der Waals surface area contributed by atoms with Crippen molar-refractivity contribution in [2.45, 2.75) is 6.42 Å². The third kappa shape index (κ3) is 7.25. The number of aliphatic imine (C=N–C) groups is 1. The molecule has 0 radical (unpaired) electrons. The van der Waals surface area contributed by atoms with E-state index in [1.165, 1.54) is 0 Å². The molecule has 1 aromatic carbocycles. The van der Waals surface area contributed by atoms with Gasteiger partial charge in [0.2, 0.25) is 0 Å². The van der Waals surface area contributed by atoms with Crippen LogP contribution in [-0.4, -0.2) is 59.4 Å². The zero-order valence-corrected chi connectivity index (χ0v) is 18.1. The lowest BCUT2D eigenvalue weighted by Gasteiger charge is -2.16. The Morgan fingerprint density at radius 1 is 1.04 bits per heavy atom. The maximum Gasteiger partial charge on any atom is 0.191 e. The van der Waals surface area contributed by atoms with E-state index >= 15 is 0 Å². The second kappa shape index (κ2) is 13.3. The fourth-order valence-corrected chi connectivity index (χ4v) is 2.43. The van der Waals surface area contributed by atoms with Crippen molar-refractivity contribution in [2.24, 2.45) is 4.99 Å². The molecule has 0 bridgehead atoms. The predicted molar refractivity (Wildman–Crippen MR) is 113 cm³/mol. The van der Waals surface area contributed by atoms with Gasteiger partial charge in [-0.3, -0.25) is 4.99 Å². The molecule has 0 aliphatic carbocycles. The van der Waals surface area contributed by atoms with Crippen molar-refractivity contribution >= 4 is 41.7 Å².